The predicted molar refractivity (Wildman–Crippen MR) is 59.0 cm³/mol. The first-order valence-electron chi connectivity index (χ1n) is 5.61. The molecule has 0 aromatic heterocycles. The Hall–Kier alpha value is -0.530. The van der Waals surface area contributed by atoms with Crippen molar-refractivity contribution in [2.45, 2.75) is 41.0 Å². The molecule has 1 fully saturated rings. The highest BCUT2D eigenvalue weighted by molar-refractivity contribution is 5.81. The largest absolute Gasteiger partial charge is 0.342 e. The van der Waals surface area contributed by atoms with Crippen molar-refractivity contribution in [3.8, 4) is 0 Å². The summed E-state index contributed by atoms with van der Waals surface area (Å²) in [6.07, 6.45) is 1.18. The summed E-state index contributed by atoms with van der Waals surface area (Å²) in [5.41, 5.74) is -0.216. The lowest BCUT2D eigenvalue weighted by Gasteiger charge is -2.26. The highest BCUT2D eigenvalue weighted by Crippen LogP contribution is 2.27. The minimum atomic E-state index is -0.216. The lowest BCUT2D eigenvalue weighted by atomic mass is 9.94. The van der Waals surface area contributed by atoms with E-state index in [9.17, 15) is 4.79 Å². The molecule has 2 heteroatoms. The van der Waals surface area contributed by atoms with Gasteiger partial charge in [0.05, 0.1) is 0 Å². The van der Waals surface area contributed by atoms with Crippen LogP contribution in [0.1, 0.15) is 41.0 Å². The van der Waals surface area contributed by atoms with Gasteiger partial charge < -0.3 is 4.90 Å². The summed E-state index contributed by atoms with van der Waals surface area (Å²) >= 11 is 0. The second-order valence-electron chi connectivity index (χ2n) is 5.79. The van der Waals surface area contributed by atoms with E-state index in [1.165, 1.54) is 6.42 Å². The van der Waals surface area contributed by atoms with E-state index in [0.29, 0.717) is 17.7 Å². The number of likely N-dealkylation sites (tertiary alicyclic amines) is 1. The van der Waals surface area contributed by atoms with E-state index in [-0.39, 0.29) is 5.41 Å². The Kier molecular flexibility index (Phi) is 3.23. The van der Waals surface area contributed by atoms with Gasteiger partial charge in [-0.15, -0.1) is 0 Å². The van der Waals surface area contributed by atoms with Gasteiger partial charge in [0.15, 0.2) is 0 Å². The van der Waals surface area contributed by atoms with Crippen LogP contribution in [-0.2, 0) is 4.79 Å². The molecule has 0 radical (unpaired) electrons. The summed E-state index contributed by atoms with van der Waals surface area (Å²) in [5, 5.41) is 0. The van der Waals surface area contributed by atoms with Crippen molar-refractivity contribution >= 4 is 5.91 Å². The third-order valence-electron chi connectivity index (χ3n) is 3.10. The summed E-state index contributed by atoms with van der Waals surface area (Å²) < 4.78 is 0. The average Bonchev–Trinajstić information content (AvgIpc) is 2.48. The Labute approximate surface area is 87.7 Å². The summed E-state index contributed by atoms with van der Waals surface area (Å²) in [7, 11) is 0. The van der Waals surface area contributed by atoms with E-state index < -0.39 is 0 Å². The van der Waals surface area contributed by atoms with Gasteiger partial charge in [0, 0.05) is 18.5 Å². The molecule has 1 atom stereocenters. The lowest BCUT2D eigenvalue weighted by Crippen LogP contribution is -2.38. The molecular weight excluding hydrogens is 174 g/mol. The van der Waals surface area contributed by atoms with Crippen molar-refractivity contribution in [3.63, 3.8) is 0 Å². The number of carbonyl (C=O) groups is 1. The van der Waals surface area contributed by atoms with Gasteiger partial charge in [-0.05, 0) is 18.3 Å². The molecule has 1 unspecified atom stereocenters. The zero-order valence-electron chi connectivity index (χ0n) is 10.1. The fourth-order valence-corrected chi connectivity index (χ4v) is 1.99. The van der Waals surface area contributed by atoms with Crippen LogP contribution in [0.5, 0.6) is 0 Å². The molecule has 0 saturated carbocycles. The monoisotopic (exact) mass is 197 g/mol. The van der Waals surface area contributed by atoms with E-state index in [1.54, 1.807) is 0 Å². The normalized spacial score (nSPS) is 23.3. The lowest BCUT2D eigenvalue weighted by molar-refractivity contribution is -0.138. The molecule has 1 rings (SSSR count). The number of nitrogens with zero attached hydrogens (tertiary/aromatic N) is 1. The summed E-state index contributed by atoms with van der Waals surface area (Å²) in [6.45, 7) is 12.4. The molecule has 2 nitrogen and oxygen atoms in total. The fraction of sp³-hybridized carbons (Fsp3) is 0.917. The second kappa shape index (κ2) is 3.92. The molecule has 1 heterocycles. The quantitative estimate of drug-likeness (QED) is 0.632. The van der Waals surface area contributed by atoms with Crippen LogP contribution in [0.3, 0.4) is 0 Å². The summed E-state index contributed by atoms with van der Waals surface area (Å²) in [5.74, 6) is 1.72. The third-order valence-corrected chi connectivity index (χ3v) is 3.10. The van der Waals surface area contributed by atoms with Crippen LogP contribution in [0, 0.1) is 17.3 Å². The minimum absolute atomic E-state index is 0.216. The Morgan fingerprint density at radius 3 is 2.29 bits per heavy atom. The molecule has 0 aromatic rings. The van der Waals surface area contributed by atoms with Crippen LogP contribution in [0.4, 0.5) is 0 Å². The van der Waals surface area contributed by atoms with Crippen molar-refractivity contribution in [3.05, 3.63) is 0 Å². The molecule has 0 spiro atoms. The second-order valence-corrected chi connectivity index (χ2v) is 5.79. The molecule has 0 aliphatic carbocycles. The van der Waals surface area contributed by atoms with Gasteiger partial charge in [-0.25, -0.2) is 0 Å². The number of rotatable bonds is 1. The molecule has 0 N–H and O–H groups in total. The minimum Gasteiger partial charge on any atom is -0.342 e. The Bertz CT molecular complexity index is 215. The molecule has 1 aliphatic heterocycles. The van der Waals surface area contributed by atoms with E-state index >= 15 is 0 Å². The number of hydrogen-bond donors (Lipinski definition) is 0. The van der Waals surface area contributed by atoms with Crippen molar-refractivity contribution in [2.75, 3.05) is 13.1 Å². The van der Waals surface area contributed by atoms with Crippen LogP contribution in [0.15, 0.2) is 0 Å². The molecular formula is C12H23NO. The average molecular weight is 197 g/mol. The van der Waals surface area contributed by atoms with Gasteiger partial charge in [0.25, 0.3) is 0 Å². The van der Waals surface area contributed by atoms with Gasteiger partial charge in [0.2, 0.25) is 5.91 Å². The maximum Gasteiger partial charge on any atom is 0.227 e. The Morgan fingerprint density at radius 2 is 1.93 bits per heavy atom. The molecule has 14 heavy (non-hydrogen) atoms. The highest BCUT2D eigenvalue weighted by atomic mass is 16.2. The molecule has 82 valence electrons. The van der Waals surface area contributed by atoms with Crippen LogP contribution in [0.25, 0.3) is 0 Å². The van der Waals surface area contributed by atoms with Crippen LogP contribution in [0.2, 0.25) is 0 Å². The first kappa shape index (κ1) is 11.5. The van der Waals surface area contributed by atoms with Crippen molar-refractivity contribution in [1.82, 2.24) is 4.90 Å². The van der Waals surface area contributed by atoms with Crippen molar-refractivity contribution in [1.29, 1.82) is 0 Å². The van der Waals surface area contributed by atoms with Crippen LogP contribution >= 0.6 is 0 Å². The highest BCUT2D eigenvalue weighted by Gasteiger charge is 2.33. The number of amides is 1. The van der Waals surface area contributed by atoms with Crippen molar-refractivity contribution in [2.24, 2.45) is 17.3 Å². The van der Waals surface area contributed by atoms with Gasteiger partial charge in [0.1, 0.15) is 0 Å². The van der Waals surface area contributed by atoms with Gasteiger partial charge in [-0.3, -0.25) is 4.79 Å². The summed E-state index contributed by atoms with van der Waals surface area (Å²) in [4.78, 5) is 14.0. The zero-order chi connectivity index (χ0) is 10.9. The molecule has 1 saturated heterocycles. The van der Waals surface area contributed by atoms with Crippen LogP contribution < -0.4 is 0 Å². The molecule has 0 aromatic carbocycles. The van der Waals surface area contributed by atoms with E-state index in [2.05, 4.69) is 13.8 Å². The Morgan fingerprint density at radius 1 is 1.36 bits per heavy atom. The summed E-state index contributed by atoms with van der Waals surface area (Å²) in [6, 6.07) is 0. The van der Waals surface area contributed by atoms with E-state index in [0.717, 1.165) is 13.1 Å². The Balaban J connectivity index is 2.54. The molecule has 0 bridgehead atoms. The first-order valence-corrected chi connectivity index (χ1v) is 5.61. The SMILES string of the molecule is CC(C)C1CCN(C(=O)C(C)(C)C)C1. The standard InChI is InChI=1S/C12H23NO/c1-9(2)10-6-7-13(8-10)11(14)12(3,4)5/h9-10H,6-8H2,1-5H3. The van der Waals surface area contributed by atoms with E-state index in [4.69, 9.17) is 0 Å². The molecule has 1 aliphatic rings. The van der Waals surface area contributed by atoms with Gasteiger partial charge in [-0.2, -0.15) is 0 Å². The van der Waals surface area contributed by atoms with Gasteiger partial charge in [-0.1, -0.05) is 34.6 Å². The van der Waals surface area contributed by atoms with Crippen LogP contribution in [-0.4, -0.2) is 23.9 Å². The zero-order valence-corrected chi connectivity index (χ0v) is 10.1. The fourth-order valence-electron chi connectivity index (χ4n) is 1.99. The van der Waals surface area contributed by atoms with Gasteiger partial charge >= 0.3 is 0 Å². The topological polar surface area (TPSA) is 20.3 Å². The smallest absolute Gasteiger partial charge is 0.227 e. The van der Waals surface area contributed by atoms with E-state index in [1.807, 2.05) is 25.7 Å². The number of hydrogen-bond acceptors (Lipinski definition) is 1. The predicted octanol–water partition coefficient (Wildman–Crippen LogP) is 2.54. The molecule has 1 amide bonds. The third kappa shape index (κ3) is 2.49. The maximum absolute atomic E-state index is 12.0. The maximum atomic E-state index is 12.0. The number of carbonyl (C=O) groups excluding carboxylic acids is 1. The first-order chi connectivity index (χ1) is 6.32. The van der Waals surface area contributed by atoms with Crippen molar-refractivity contribution < 1.29 is 4.79 Å².